The van der Waals surface area contributed by atoms with Gasteiger partial charge in [0, 0.05) is 11.6 Å². The first-order chi connectivity index (χ1) is 13.5. The van der Waals surface area contributed by atoms with Crippen molar-refractivity contribution >= 4 is 22.9 Å². The molecule has 1 aromatic carbocycles. The zero-order chi connectivity index (χ0) is 20.1. The maximum atomic E-state index is 12.3. The summed E-state index contributed by atoms with van der Waals surface area (Å²) in [6.07, 6.45) is 0. The van der Waals surface area contributed by atoms with Gasteiger partial charge in [0.2, 0.25) is 5.91 Å². The Labute approximate surface area is 172 Å². The Morgan fingerprint density at radius 2 is 1.82 bits per heavy atom. The van der Waals surface area contributed by atoms with Gasteiger partial charge in [0.05, 0.1) is 44.2 Å². The molecule has 1 saturated heterocycles. The van der Waals surface area contributed by atoms with Crippen LogP contribution in [-0.4, -0.2) is 45.2 Å². The SMILES string of the molecule is COc1ccc(N2CC[NH+]([C@H](c3cccs3)[C@H](C)NC(=O)C(C)C)CC2)cc1. The number of benzene rings is 1. The Kier molecular flexibility index (Phi) is 6.97. The highest BCUT2D eigenvalue weighted by atomic mass is 32.1. The lowest BCUT2D eigenvalue weighted by atomic mass is 10.0. The van der Waals surface area contributed by atoms with E-state index in [9.17, 15) is 4.79 Å². The van der Waals surface area contributed by atoms with Crippen molar-refractivity contribution in [1.29, 1.82) is 0 Å². The highest BCUT2D eigenvalue weighted by Crippen LogP contribution is 2.22. The molecule has 0 aliphatic carbocycles. The fraction of sp³-hybridized carbons (Fsp3) is 0.500. The molecule has 1 aliphatic heterocycles. The average molecular weight is 403 g/mol. The molecule has 1 aromatic heterocycles. The van der Waals surface area contributed by atoms with Crippen LogP contribution in [0.25, 0.3) is 0 Å². The summed E-state index contributed by atoms with van der Waals surface area (Å²) in [5.74, 6) is 1.03. The molecule has 1 fully saturated rings. The monoisotopic (exact) mass is 402 g/mol. The van der Waals surface area contributed by atoms with Crippen molar-refractivity contribution < 1.29 is 14.4 Å². The maximum Gasteiger partial charge on any atom is 0.222 e. The second kappa shape index (κ2) is 9.43. The van der Waals surface area contributed by atoms with Crippen LogP contribution in [-0.2, 0) is 4.79 Å². The molecule has 1 aliphatic rings. The molecular weight excluding hydrogens is 370 g/mol. The fourth-order valence-corrected chi connectivity index (χ4v) is 4.89. The summed E-state index contributed by atoms with van der Waals surface area (Å²) in [5.41, 5.74) is 1.24. The van der Waals surface area contributed by atoms with Crippen LogP contribution in [0.3, 0.4) is 0 Å². The smallest absolute Gasteiger partial charge is 0.222 e. The van der Waals surface area contributed by atoms with Crippen molar-refractivity contribution in [3.8, 4) is 5.75 Å². The highest BCUT2D eigenvalue weighted by molar-refractivity contribution is 7.10. The van der Waals surface area contributed by atoms with Gasteiger partial charge in [-0.1, -0.05) is 19.9 Å². The molecule has 0 spiro atoms. The molecule has 0 radical (unpaired) electrons. The predicted molar refractivity (Wildman–Crippen MR) is 115 cm³/mol. The van der Waals surface area contributed by atoms with Gasteiger partial charge in [-0.3, -0.25) is 4.79 Å². The number of thiophene rings is 1. The van der Waals surface area contributed by atoms with Crippen molar-refractivity contribution in [2.45, 2.75) is 32.9 Å². The summed E-state index contributed by atoms with van der Waals surface area (Å²) in [6, 6.07) is 13.0. The molecular formula is C22H32N3O2S+. The molecule has 0 bridgehead atoms. The van der Waals surface area contributed by atoms with Crippen LogP contribution in [0.5, 0.6) is 5.75 Å². The molecule has 0 saturated carbocycles. The van der Waals surface area contributed by atoms with Crippen LogP contribution in [0, 0.1) is 5.92 Å². The van der Waals surface area contributed by atoms with Crippen molar-refractivity contribution in [2.24, 2.45) is 5.92 Å². The summed E-state index contributed by atoms with van der Waals surface area (Å²) in [4.78, 5) is 17.6. The van der Waals surface area contributed by atoms with Crippen LogP contribution in [0.15, 0.2) is 41.8 Å². The van der Waals surface area contributed by atoms with E-state index in [1.807, 2.05) is 26.0 Å². The Morgan fingerprint density at radius 3 is 2.36 bits per heavy atom. The standard InChI is InChI=1S/C22H31N3O2S/c1-16(2)22(26)23-17(3)21(20-6-5-15-28-20)25-13-11-24(12-14-25)18-7-9-19(27-4)10-8-18/h5-10,15-17,21H,11-14H2,1-4H3,(H,23,26)/p+1/t17-,21-/m0/s1. The van der Waals surface area contributed by atoms with Gasteiger partial charge in [-0.2, -0.15) is 0 Å². The van der Waals surface area contributed by atoms with Crippen molar-refractivity contribution in [2.75, 3.05) is 38.2 Å². The van der Waals surface area contributed by atoms with Gasteiger partial charge < -0.3 is 19.9 Å². The second-order valence-electron chi connectivity index (χ2n) is 7.79. The molecule has 3 rings (SSSR count). The van der Waals surface area contributed by atoms with Gasteiger partial charge in [-0.25, -0.2) is 0 Å². The molecule has 28 heavy (non-hydrogen) atoms. The minimum absolute atomic E-state index is 0.00774. The summed E-state index contributed by atoms with van der Waals surface area (Å²) >= 11 is 1.79. The van der Waals surface area contributed by atoms with Crippen LogP contribution in [0.4, 0.5) is 5.69 Å². The molecule has 5 nitrogen and oxygen atoms in total. The number of quaternary nitrogens is 1. The summed E-state index contributed by atoms with van der Waals surface area (Å²) in [6.45, 7) is 10.2. The van der Waals surface area contributed by atoms with Crippen molar-refractivity contribution in [3.63, 3.8) is 0 Å². The number of nitrogens with one attached hydrogen (secondary N) is 2. The molecule has 2 heterocycles. The van der Waals surface area contributed by atoms with Gasteiger partial charge in [-0.15, -0.1) is 11.3 Å². The number of hydrogen-bond donors (Lipinski definition) is 2. The third-order valence-corrected chi connectivity index (χ3v) is 6.48. The lowest BCUT2D eigenvalue weighted by molar-refractivity contribution is -0.933. The van der Waals surface area contributed by atoms with E-state index >= 15 is 0 Å². The minimum atomic E-state index is 0.00774. The lowest BCUT2D eigenvalue weighted by Crippen LogP contribution is -3.16. The first kappa shape index (κ1) is 20.7. The van der Waals surface area contributed by atoms with Crippen LogP contribution in [0.2, 0.25) is 0 Å². The van der Waals surface area contributed by atoms with E-state index in [0.717, 1.165) is 31.9 Å². The van der Waals surface area contributed by atoms with E-state index in [4.69, 9.17) is 4.74 Å². The quantitative estimate of drug-likeness (QED) is 0.747. The zero-order valence-corrected chi connectivity index (χ0v) is 18.1. The Bertz CT molecular complexity index is 738. The first-order valence-electron chi connectivity index (χ1n) is 10.1. The van der Waals surface area contributed by atoms with E-state index in [1.165, 1.54) is 10.6 Å². The van der Waals surface area contributed by atoms with Gasteiger partial charge in [0.1, 0.15) is 11.8 Å². The van der Waals surface area contributed by atoms with E-state index in [2.05, 4.69) is 46.8 Å². The molecule has 0 unspecified atom stereocenters. The highest BCUT2D eigenvalue weighted by Gasteiger charge is 2.34. The number of ether oxygens (including phenoxy) is 1. The number of methoxy groups -OCH3 is 1. The maximum absolute atomic E-state index is 12.3. The Morgan fingerprint density at radius 1 is 1.14 bits per heavy atom. The third-order valence-electron chi connectivity index (χ3n) is 5.53. The Hall–Kier alpha value is -2.05. The fourth-order valence-electron chi connectivity index (χ4n) is 3.90. The molecule has 2 N–H and O–H groups in total. The number of hydrogen-bond acceptors (Lipinski definition) is 4. The Balaban J connectivity index is 1.68. The molecule has 152 valence electrons. The summed E-state index contributed by atoms with van der Waals surface area (Å²) < 4.78 is 5.27. The topological polar surface area (TPSA) is 46.0 Å². The van der Waals surface area contributed by atoms with E-state index in [0.29, 0.717) is 6.04 Å². The van der Waals surface area contributed by atoms with Gasteiger partial charge >= 0.3 is 0 Å². The molecule has 1 amide bonds. The van der Waals surface area contributed by atoms with E-state index < -0.39 is 0 Å². The molecule has 6 heteroatoms. The number of rotatable bonds is 7. The van der Waals surface area contributed by atoms with Crippen molar-refractivity contribution in [3.05, 3.63) is 46.7 Å². The summed E-state index contributed by atoms with van der Waals surface area (Å²) in [5, 5.41) is 5.37. The van der Waals surface area contributed by atoms with E-state index in [1.54, 1.807) is 23.3 Å². The number of carbonyl (C=O) groups excluding carboxylic acids is 1. The predicted octanol–water partition coefficient (Wildman–Crippen LogP) is 2.36. The van der Waals surface area contributed by atoms with Gasteiger partial charge in [0.15, 0.2) is 0 Å². The number of piperazine rings is 1. The van der Waals surface area contributed by atoms with Gasteiger partial charge in [-0.05, 0) is 42.6 Å². The lowest BCUT2D eigenvalue weighted by Gasteiger charge is -2.39. The number of anilines is 1. The minimum Gasteiger partial charge on any atom is -0.497 e. The number of carbonyl (C=O) groups is 1. The molecule has 2 aromatic rings. The average Bonchev–Trinajstić information content (AvgIpc) is 3.23. The van der Waals surface area contributed by atoms with Crippen LogP contribution in [0.1, 0.15) is 31.7 Å². The second-order valence-corrected chi connectivity index (χ2v) is 8.77. The normalized spacial score (nSPS) is 17.4. The largest absolute Gasteiger partial charge is 0.497 e. The van der Waals surface area contributed by atoms with Gasteiger partial charge in [0.25, 0.3) is 0 Å². The first-order valence-corrected chi connectivity index (χ1v) is 10.9. The molecule has 2 atom stereocenters. The third kappa shape index (κ3) is 4.86. The number of nitrogens with zero attached hydrogens (tertiary/aromatic N) is 1. The van der Waals surface area contributed by atoms with E-state index in [-0.39, 0.29) is 17.9 Å². The van der Waals surface area contributed by atoms with Crippen LogP contribution >= 0.6 is 11.3 Å². The summed E-state index contributed by atoms with van der Waals surface area (Å²) in [7, 11) is 1.70. The zero-order valence-electron chi connectivity index (χ0n) is 17.3. The van der Waals surface area contributed by atoms with Crippen molar-refractivity contribution in [1.82, 2.24) is 5.32 Å². The number of amides is 1. The van der Waals surface area contributed by atoms with Crippen LogP contribution < -0.4 is 19.9 Å².